The van der Waals surface area contributed by atoms with E-state index < -0.39 is 0 Å². The molecule has 1 rings (SSSR count). The first-order valence-electron chi connectivity index (χ1n) is 8.49. The molecule has 1 aromatic carbocycles. The molecule has 0 saturated heterocycles. The van der Waals surface area contributed by atoms with Crippen LogP contribution in [0, 0.1) is 0 Å². The van der Waals surface area contributed by atoms with Crippen molar-refractivity contribution in [3.05, 3.63) is 23.2 Å². The molecule has 0 aliphatic heterocycles. The summed E-state index contributed by atoms with van der Waals surface area (Å²) in [5.41, 5.74) is 7.68. The van der Waals surface area contributed by atoms with Gasteiger partial charge in [-0.25, -0.2) is 0 Å². The van der Waals surface area contributed by atoms with E-state index >= 15 is 0 Å². The Labute approximate surface area is 135 Å². The summed E-state index contributed by atoms with van der Waals surface area (Å²) in [6.07, 6.45) is 10.3. The number of rotatable bonds is 11. The van der Waals surface area contributed by atoms with Crippen molar-refractivity contribution in [2.24, 2.45) is 0 Å². The van der Waals surface area contributed by atoms with Crippen LogP contribution in [-0.4, -0.2) is 13.1 Å². The van der Waals surface area contributed by atoms with Crippen LogP contribution in [-0.2, 0) is 0 Å². The van der Waals surface area contributed by atoms with Crippen LogP contribution in [0.1, 0.15) is 65.2 Å². The van der Waals surface area contributed by atoms with Gasteiger partial charge in [0.1, 0.15) is 0 Å². The van der Waals surface area contributed by atoms with Crippen LogP contribution >= 0.6 is 11.6 Å². The number of benzene rings is 1. The van der Waals surface area contributed by atoms with E-state index in [2.05, 4.69) is 24.8 Å². The quantitative estimate of drug-likeness (QED) is 0.408. The highest BCUT2D eigenvalue weighted by molar-refractivity contribution is 6.33. The van der Waals surface area contributed by atoms with Crippen LogP contribution in [0.3, 0.4) is 0 Å². The summed E-state index contributed by atoms with van der Waals surface area (Å²) in [4.78, 5) is 2.44. The molecule has 0 heterocycles. The van der Waals surface area contributed by atoms with Gasteiger partial charge in [-0.3, -0.25) is 0 Å². The standard InChI is InChI=1S/C18H31ClN2/c1-3-5-7-9-13-21(14-10-8-6-4-2)18-12-11-16(20)15-17(18)19/h11-12,15H,3-10,13-14,20H2,1-2H3. The number of nitrogen functional groups attached to an aromatic ring is 1. The summed E-state index contributed by atoms with van der Waals surface area (Å²) in [5, 5.41) is 0.779. The predicted octanol–water partition coefficient (Wildman–Crippen LogP) is 5.89. The molecule has 0 amide bonds. The van der Waals surface area contributed by atoms with Gasteiger partial charge in [0.05, 0.1) is 10.7 Å². The maximum atomic E-state index is 6.38. The largest absolute Gasteiger partial charge is 0.399 e. The lowest BCUT2D eigenvalue weighted by molar-refractivity contribution is 0.609. The molecule has 2 nitrogen and oxygen atoms in total. The van der Waals surface area contributed by atoms with Crippen molar-refractivity contribution in [3.8, 4) is 0 Å². The van der Waals surface area contributed by atoms with Gasteiger partial charge in [0, 0.05) is 18.8 Å². The molecule has 0 bridgehead atoms. The average molecular weight is 311 g/mol. The zero-order valence-electron chi connectivity index (χ0n) is 13.7. The number of nitrogens with two attached hydrogens (primary N) is 1. The van der Waals surface area contributed by atoms with Crippen LogP contribution in [0.15, 0.2) is 18.2 Å². The van der Waals surface area contributed by atoms with Crippen LogP contribution < -0.4 is 10.6 Å². The smallest absolute Gasteiger partial charge is 0.0660 e. The fourth-order valence-corrected chi connectivity index (χ4v) is 2.90. The van der Waals surface area contributed by atoms with Crippen molar-refractivity contribution in [3.63, 3.8) is 0 Å². The Morgan fingerprint density at radius 1 is 0.905 bits per heavy atom. The third-order valence-corrected chi connectivity index (χ3v) is 4.18. The van der Waals surface area contributed by atoms with Crippen molar-refractivity contribution in [1.82, 2.24) is 0 Å². The number of unbranched alkanes of at least 4 members (excludes halogenated alkanes) is 6. The first-order chi connectivity index (χ1) is 10.2. The maximum Gasteiger partial charge on any atom is 0.0660 e. The lowest BCUT2D eigenvalue weighted by atomic mass is 10.1. The van der Waals surface area contributed by atoms with Gasteiger partial charge in [-0.2, -0.15) is 0 Å². The molecule has 0 radical (unpaired) electrons. The van der Waals surface area contributed by atoms with E-state index in [1.165, 1.54) is 51.4 Å². The number of hydrogen-bond donors (Lipinski definition) is 1. The third-order valence-electron chi connectivity index (χ3n) is 3.88. The van der Waals surface area contributed by atoms with E-state index in [9.17, 15) is 0 Å². The van der Waals surface area contributed by atoms with E-state index in [-0.39, 0.29) is 0 Å². The minimum Gasteiger partial charge on any atom is -0.399 e. The highest BCUT2D eigenvalue weighted by atomic mass is 35.5. The summed E-state index contributed by atoms with van der Waals surface area (Å²) in [5.74, 6) is 0. The molecule has 0 fully saturated rings. The Balaban J connectivity index is 2.60. The lowest BCUT2D eigenvalue weighted by Gasteiger charge is -2.26. The Hall–Kier alpha value is -0.890. The lowest BCUT2D eigenvalue weighted by Crippen LogP contribution is -2.26. The summed E-state index contributed by atoms with van der Waals surface area (Å²) >= 11 is 6.38. The minimum atomic E-state index is 0.737. The summed E-state index contributed by atoms with van der Waals surface area (Å²) in [7, 11) is 0. The van der Waals surface area contributed by atoms with Crippen molar-refractivity contribution in [2.45, 2.75) is 65.2 Å². The van der Waals surface area contributed by atoms with Gasteiger partial charge < -0.3 is 10.6 Å². The Morgan fingerprint density at radius 3 is 1.95 bits per heavy atom. The van der Waals surface area contributed by atoms with Crippen molar-refractivity contribution in [2.75, 3.05) is 23.7 Å². The summed E-state index contributed by atoms with van der Waals surface area (Å²) in [6.45, 7) is 6.68. The molecule has 0 spiro atoms. The normalized spacial score (nSPS) is 10.8. The van der Waals surface area contributed by atoms with Gasteiger partial charge >= 0.3 is 0 Å². The van der Waals surface area contributed by atoms with Crippen LogP contribution in [0.4, 0.5) is 11.4 Å². The SMILES string of the molecule is CCCCCCN(CCCCCC)c1ccc(N)cc1Cl. The zero-order valence-corrected chi connectivity index (χ0v) is 14.5. The summed E-state index contributed by atoms with van der Waals surface area (Å²) in [6, 6.07) is 5.88. The second kappa shape index (κ2) is 10.8. The molecular formula is C18H31ClN2. The van der Waals surface area contributed by atoms with Crippen molar-refractivity contribution >= 4 is 23.0 Å². The van der Waals surface area contributed by atoms with Gasteiger partial charge in [0.15, 0.2) is 0 Å². The third kappa shape index (κ3) is 7.08. The van der Waals surface area contributed by atoms with Gasteiger partial charge in [0.2, 0.25) is 0 Å². The molecule has 120 valence electrons. The fraction of sp³-hybridized carbons (Fsp3) is 0.667. The van der Waals surface area contributed by atoms with E-state index in [0.717, 1.165) is 29.5 Å². The molecule has 1 aromatic rings. The van der Waals surface area contributed by atoms with Crippen molar-refractivity contribution in [1.29, 1.82) is 0 Å². The first-order valence-corrected chi connectivity index (χ1v) is 8.86. The number of hydrogen-bond acceptors (Lipinski definition) is 2. The monoisotopic (exact) mass is 310 g/mol. The highest BCUT2D eigenvalue weighted by Gasteiger charge is 2.10. The molecular weight excluding hydrogens is 280 g/mol. The van der Waals surface area contributed by atoms with Gasteiger partial charge in [-0.1, -0.05) is 64.0 Å². The maximum absolute atomic E-state index is 6.38. The Morgan fingerprint density at radius 2 is 1.48 bits per heavy atom. The molecule has 0 atom stereocenters. The molecule has 0 unspecified atom stereocenters. The van der Waals surface area contributed by atoms with Crippen LogP contribution in [0.2, 0.25) is 5.02 Å². The molecule has 0 aliphatic carbocycles. The Kier molecular flexibility index (Phi) is 9.32. The van der Waals surface area contributed by atoms with E-state index in [4.69, 9.17) is 17.3 Å². The Bertz CT molecular complexity index is 381. The average Bonchev–Trinajstić information content (AvgIpc) is 2.46. The highest BCUT2D eigenvalue weighted by Crippen LogP contribution is 2.28. The topological polar surface area (TPSA) is 29.3 Å². The van der Waals surface area contributed by atoms with E-state index in [1.807, 2.05) is 12.1 Å². The molecule has 21 heavy (non-hydrogen) atoms. The van der Waals surface area contributed by atoms with Crippen LogP contribution in [0.5, 0.6) is 0 Å². The van der Waals surface area contributed by atoms with E-state index in [0.29, 0.717) is 0 Å². The molecule has 2 N–H and O–H groups in total. The fourth-order valence-electron chi connectivity index (χ4n) is 2.59. The second-order valence-electron chi connectivity index (χ2n) is 5.82. The number of halogens is 1. The zero-order chi connectivity index (χ0) is 15.5. The number of anilines is 2. The molecule has 0 saturated carbocycles. The minimum absolute atomic E-state index is 0.737. The molecule has 0 aromatic heterocycles. The van der Waals surface area contributed by atoms with Crippen LogP contribution in [0.25, 0.3) is 0 Å². The number of nitrogens with zero attached hydrogens (tertiary/aromatic N) is 1. The van der Waals surface area contributed by atoms with Gasteiger partial charge in [-0.15, -0.1) is 0 Å². The van der Waals surface area contributed by atoms with E-state index in [1.54, 1.807) is 0 Å². The van der Waals surface area contributed by atoms with Gasteiger partial charge in [-0.05, 0) is 31.0 Å². The summed E-state index contributed by atoms with van der Waals surface area (Å²) < 4.78 is 0. The van der Waals surface area contributed by atoms with Gasteiger partial charge in [0.25, 0.3) is 0 Å². The van der Waals surface area contributed by atoms with Crippen molar-refractivity contribution < 1.29 is 0 Å². The second-order valence-corrected chi connectivity index (χ2v) is 6.23. The molecule has 3 heteroatoms. The first kappa shape index (κ1) is 18.2. The predicted molar refractivity (Wildman–Crippen MR) is 96.4 cm³/mol. The molecule has 0 aliphatic rings.